The lowest BCUT2D eigenvalue weighted by molar-refractivity contribution is 0.236. The van der Waals surface area contributed by atoms with Gasteiger partial charge in [-0.25, -0.2) is 41.3 Å². The van der Waals surface area contributed by atoms with Crippen LogP contribution in [-0.4, -0.2) is 59.1 Å². The van der Waals surface area contributed by atoms with Crippen molar-refractivity contribution in [1.82, 2.24) is 24.6 Å². The Morgan fingerprint density at radius 3 is 2.18 bits per heavy atom. The number of rotatable bonds is 5. The summed E-state index contributed by atoms with van der Waals surface area (Å²) in [6.07, 6.45) is 3.90. The van der Waals surface area contributed by atoms with Crippen LogP contribution in [0.15, 0.2) is 60.8 Å². The standard InChI is InChI=1S/C26H24F2N6O3S/c1-38(36,37)34-12-2-3-20(15-34)30-26(35)31-21-13-22-25(29-14-21)33-24(17-6-10-19(28)11-7-17)23(32-22)16-4-8-18(27)9-5-16/h4-11,13-14,20H,2-3,12,15H2,1H3,(H2,30,31,35). The van der Waals surface area contributed by atoms with Crippen LogP contribution in [0.3, 0.4) is 0 Å². The minimum atomic E-state index is -3.34. The topological polar surface area (TPSA) is 117 Å². The fraction of sp³-hybridized carbons (Fsp3) is 0.231. The molecule has 38 heavy (non-hydrogen) atoms. The lowest BCUT2D eigenvalue weighted by Gasteiger charge is -2.31. The molecule has 1 aliphatic rings. The van der Waals surface area contributed by atoms with Gasteiger partial charge in [0.25, 0.3) is 0 Å². The SMILES string of the molecule is CS(=O)(=O)N1CCCC(NC(=O)Nc2cnc3nc(-c4ccc(F)cc4)c(-c4ccc(F)cc4)nc3c2)C1. The number of hydrogen-bond acceptors (Lipinski definition) is 6. The predicted molar refractivity (Wildman–Crippen MR) is 140 cm³/mol. The molecule has 1 unspecified atom stereocenters. The summed E-state index contributed by atoms with van der Waals surface area (Å²) in [6, 6.07) is 12.3. The summed E-state index contributed by atoms with van der Waals surface area (Å²) >= 11 is 0. The highest BCUT2D eigenvalue weighted by molar-refractivity contribution is 7.88. The first kappa shape index (κ1) is 25.6. The summed E-state index contributed by atoms with van der Waals surface area (Å²) in [4.78, 5) is 26.3. The number of benzene rings is 2. The lowest BCUT2D eigenvalue weighted by Crippen LogP contribution is -2.50. The molecule has 1 aliphatic heterocycles. The van der Waals surface area contributed by atoms with Crippen molar-refractivity contribution in [3.63, 3.8) is 0 Å². The molecule has 2 amide bonds. The first-order chi connectivity index (χ1) is 18.2. The number of aromatic nitrogens is 3. The monoisotopic (exact) mass is 538 g/mol. The fourth-order valence-electron chi connectivity index (χ4n) is 4.35. The van der Waals surface area contributed by atoms with Crippen LogP contribution in [0.4, 0.5) is 19.3 Å². The Balaban J connectivity index is 1.43. The van der Waals surface area contributed by atoms with E-state index in [0.29, 0.717) is 58.8 Å². The first-order valence-corrected chi connectivity index (χ1v) is 13.7. The summed E-state index contributed by atoms with van der Waals surface area (Å²) in [6.45, 7) is 0.642. The summed E-state index contributed by atoms with van der Waals surface area (Å²) in [5, 5.41) is 5.52. The van der Waals surface area contributed by atoms with E-state index >= 15 is 0 Å². The van der Waals surface area contributed by atoms with Crippen LogP contribution in [0.2, 0.25) is 0 Å². The van der Waals surface area contributed by atoms with Gasteiger partial charge < -0.3 is 10.6 Å². The highest BCUT2D eigenvalue weighted by Crippen LogP contribution is 2.31. The molecule has 2 aromatic heterocycles. The highest BCUT2D eigenvalue weighted by atomic mass is 32.2. The van der Waals surface area contributed by atoms with Crippen molar-refractivity contribution in [3.05, 3.63) is 72.4 Å². The smallest absolute Gasteiger partial charge is 0.319 e. The Bertz CT molecular complexity index is 1600. The van der Waals surface area contributed by atoms with Crippen LogP contribution in [0.5, 0.6) is 0 Å². The Morgan fingerprint density at radius 2 is 1.58 bits per heavy atom. The van der Waals surface area contributed by atoms with Crippen molar-refractivity contribution in [1.29, 1.82) is 0 Å². The zero-order valence-electron chi connectivity index (χ0n) is 20.4. The third kappa shape index (κ3) is 5.76. The molecule has 1 atom stereocenters. The molecule has 5 rings (SSSR count). The Morgan fingerprint density at radius 1 is 0.974 bits per heavy atom. The quantitative estimate of drug-likeness (QED) is 0.394. The normalized spacial score (nSPS) is 16.3. The maximum absolute atomic E-state index is 13.6. The van der Waals surface area contributed by atoms with E-state index in [0.717, 1.165) is 6.26 Å². The molecule has 4 aromatic rings. The van der Waals surface area contributed by atoms with Gasteiger partial charge in [0.1, 0.15) is 17.2 Å². The predicted octanol–water partition coefficient (Wildman–Crippen LogP) is 4.18. The second kappa shape index (κ2) is 10.4. The van der Waals surface area contributed by atoms with Crippen LogP contribution in [0.1, 0.15) is 12.8 Å². The van der Waals surface area contributed by atoms with Gasteiger partial charge in [-0.1, -0.05) is 0 Å². The van der Waals surface area contributed by atoms with E-state index in [1.54, 1.807) is 30.3 Å². The van der Waals surface area contributed by atoms with Gasteiger partial charge in [-0.05, 0) is 67.4 Å². The van der Waals surface area contributed by atoms with Crippen molar-refractivity contribution in [2.75, 3.05) is 24.7 Å². The number of pyridine rings is 1. The molecule has 0 aliphatic carbocycles. The Labute approximate surface area is 218 Å². The molecular weight excluding hydrogens is 514 g/mol. The number of amides is 2. The van der Waals surface area contributed by atoms with E-state index in [1.807, 2.05) is 0 Å². The van der Waals surface area contributed by atoms with Crippen LogP contribution in [0, 0.1) is 11.6 Å². The molecule has 0 radical (unpaired) electrons. The van der Waals surface area contributed by atoms with Gasteiger partial charge in [0.15, 0.2) is 5.65 Å². The molecule has 2 aromatic carbocycles. The maximum Gasteiger partial charge on any atom is 0.319 e. The minimum absolute atomic E-state index is 0.209. The Hall–Kier alpha value is -4.03. The van der Waals surface area contributed by atoms with Crippen molar-refractivity contribution in [2.45, 2.75) is 18.9 Å². The fourth-order valence-corrected chi connectivity index (χ4v) is 5.26. The number of nitrogens with one attached hydrogen (secondary N) is 2. The molecule has 1 fully saturated rings. The largest absolute Gasteiger partial charge is 0.334 e. The third-order valence-electron chi connectivity index (χ3n) is 6.20. The van der Waals surface area contributed by atoms with Gasteiger partial charge >= 0.3 is 6.03 Å². The average Bonchev–Trinajstić information content (AvgIpc) is 2.88. The lowest BCUT2D eigenvalue weighted by atomic mass is 10.0. The molecule has 12 heteroatoms. The number of fused-ring (bicyclic) bond motifs is 1. The first-order valence-electron chi connectivity index (χ1n) is 11.9. The maximum atomic E-state index is 13.6. The van der Waals surface area contributed by atoms with Gasteiger partial charge in [-0.15, -0.1) is 0 Å². The highest BCUT2D eigenvalue weighted by Gasteiger charge is 2.27. The van der Waals surface area contributed by atoms with E-state index in [1.165, 1.54) is 34.8 Å². The van der Waals surface area contributed by atoms with Gasteiger partial charge in [-0.2, -0.15) is 0 Å². The van der Waals surface area contributed by atoms with Gasteiger partial charge in [0, 0.05) is 30.3 Å². The van der Waals surface area contributed by atoms with Gasteiger partial charge in [-0.3, -0.25) is 0 Å². The Kier molecular flexibility index (Phi) is 7.00. The average molecular weight is 539 g/mol. The molecule has 0 spiro atoms. The summed E-state index contributed by atoms with van der Waals surface area (Å²) in [5.41, 5.74) is 3.15. The molecule has 9 nitrogen and oxygen atoms in total. The van der Waals surface area contributed by atoms with Crippen molar-refractivity contribution < 1.29 is 22.0 Å². The molecule has 0 bridgehead atoms. The molecular formula is C26H24F2N6O3S. The number of urea groups is 1. The molecule has 0 saturated carbocycles. The van der Waals surface area contributed by atoms with Crippen molar-refractivity contribution in [2.24, 2.45) is 0 Å². The third-order valence-corrected chi connectivity index (χ3v) is 7.47. The number of halogens is 2. The van der Waals surface area contributed by atoms with Crippen LogP contribution in [0.25, 0.3) is 33.7 Å². The summed E-state index contributed by atoms with van der Waals surface area (Å²) in [7, 11) is -3.34. The molecule has 2 N–H and O–H groups in total. The van der Waals surface area contributed by atoms with E-state index in [9.17, 15) is 22.0 Å². The molecule has 1 saturated heterocycles. The second-order valence-corrected chi connectivity index (χ2v) is 11.0. The number of carbonyl (C=O) groups excluding carboxylic acids is 1. The zero-order chi connectivity index (χ0) is 26.9. The van der Waals surface area contributed by atoms with E-state index in [4.69, 9.17) is 4.98 Å². The molecule has 3 heterocycles. The van der Waals surface area contributed by atoms with Gasteiger partial charge in [0.05, 0.1) is 29.5 Å². The summed E-state index contributed by atoms with van der Waals surface area (Å²) in [5.74, 6) is -0.794. The van der Waals surface area contributed by atoms with E-state index < -0.39 is 27.7 Å². The van der Waals surface area contributed by atoms with Gasteiger partial charge in [0.2, 0.25) is 10.0 Å². The number of hydrogen-bond donors (Lipinski definition) is 2. The second-order valence-electron chi connectivity index (χ2n) is 9.06. The molecule has 196 valence electrons. The van der Waals surface area contributed by atoms with Crippen molar-refractivity contribution >= 4 is 32.9 Å². The zero-order valence-corrected chi connectivity index (χ0v) is 21.2. The minimum Gasteiger partial charge on any atom is -0.334 e. The van der Waals surface area contributed by atoms with Crippen LogP contribution in [-0.2, 0) is 10.0 Å². The number of anilines is 1. The summed E-state index contributed by atoms with van der Waals surface area (Å²) < 4.78 is 52.2. The van der Waals surface area contributed by atoms with E-state index in [2.05, 4.69) is 20.6 Å². The number of piperidine rings is 1. The van der Waals surface area contributed by atoms with Crippen LogP contribution < -0.4 is 10.6 Å². The van der Waals surface area contributed by atoms with Crippen LogP contribution >= 0.6 is 0 Å². The number of carbonyl (C=O) groups is 1. The van der Waals surface area contributed by atoms with E-state index in [-0.39, 0.29) is 12.6 Å². The van der Waals surface area contributed by atoms with Crippen molar-refractivity contribution in [3.8, 4) is 22.5 Å². The number of nitrogens with zero attached hydrogens (tertiary/aromatic N) is 4. The number of sulfonamides is 1.